The summed E-state index contributed by atoms with van der Waals surface area (Å²) in [5.41, 5.74) is 1.19. The molecule has 7 heteroatoms. The molecule has 1 aromatic rings. The number of hydrogen-bond acceptors (Lipinski definition) is 4. The molecule has 0 atom stereocenters. The van der Waals surface area contributed by atoms with E-state index in [1.165, 1.54) is 5.56 Å². The van der Waals surface area contributed by atoms with E-state index in [1.807, 2.05) is 36.1 Å². The second-order valence-electron chi connectivity index (χ2n) is 6.44. The third-order valence-electron chi connectivity index (χ3n) is 4.40. The van der Waals surface area contributed by atoms with Crippen LogP contribution in [-0.4, -0.2) is 50.7 Å². The predicted octanol–water partition coefficient (Wildman–Crippen LogP) is 2.08. The molecule has 25 heavy (non-hydrogen) atoms. The molecule has 1 aromatic carbocycles. The summed E-state index contributed by atoms with van der Waals surface area (Å²) in [6.07, 6.45) is 2.47. The fourth-order valence-corrected chi connectivity index (χ4v) is 3.70. The van der Waals surface area contributed by atoms with Crippen LogP contribution in [0.2, 0.25) is 0 Å². The number of benzene rings is 1. The lowest BCUT2D eigenvalue weighted by Gasteiger charge is -2.32. The Kier molecular flexibility index (Phi) is 7.25. The average molecular weight is 368 g/mol. The van der Waals surface area contributed by atoms with E-state index in [4.69, 9.17) is 4.74 Å². The standard InChI is InChI=1S/C18H28N2O4S/c1-3-25(22,23)19-16-10-12-20(13-11-16)18(21)5-4-14-24-17-8-6-15(2)7-9-17/h6-9,16,19H,3-5,10-14H2,1-2H3. The van der Waals surface area contributed by atoms with Crippen molar-refractivity contribution in [1.29, 1.82) is 0 Å². The summed E-state index contributed by atoms with van der Waals surface area (Å²) in [6.45, 7) is 5.38. The van der Waals surface area contributed by atoms with Crippen molar-refractivity contribution in [2.45, 2.75) is 45.6 Å². The van der Waals surface area contributed by atoms with Crippen LogP contribution in [0.15, 0.2) is 24.3 Å². The Morgan fingerprint density at radius 2 is 1.88 bits per heavy atom. The number of nitrogens with one attached hydrogen (secondary N) is 1. The van der Waals surface area contributed by atoms with Gasteiger partial charge in [-0.1, -0.05) is 17.7 Å². The normalized spacial score (nSPS) is 16.0. The van der Waals surface area contributed by atoms with Crippen LogP contribution in [-0.2, 0) is 14.8 Å². The molecule has 1 amide bonds. The van der Waals surface area contributed by atoms with Crippen LogP contribution >= 0.6 is 0 Å². The number of rotatable bonds is 8. The van der Waals surface area contributed by atoms with Crippen LogP contribution < -0.4 is 9.46 Å². The molecule has 1 N–H and O–H groups in total. The Morgan fingerprint density at radius 1 is 1.24 bits per heavy atom. The first-order chi connectivity index (χ1) is 11.9. The first kappa shape index (κ1) is 19.7. The quantitative estimate of drug-likeness (QED) is 0.713. The lowest BCUT2D eigenvalue weighted by molar-refractivity contribution is -0.132. The molecule has 1 heterocycles. The Bertz CT molecular complexity index is 650. The molecule has 0 unspecified atom stereocenters. The van der Waals surface area contributed by atoms with Gasteiger partial charge in [-0.25, -0.2) is 13.1 Å². The Morgan fingerprint density at radius 3 is 2.48 bits per heavy atom. The molecule has 1 aliphatic heterocycles. The number of piperidine rings is 1. The van der Waals surface area contributed by atoms with Crippen LogP contribution in [0.5, 0.6) is 5.75 Å². The summed E-state index contributed by atoms with van der Waals surface area (Å²) >= 11 is 0. The maximum Gasteiger partial charge on any atom is 0.222 e. The molecule has 6 nitrogen and oxygen atoms in total. The van der Waals surface area contributed by atoms with E-state index in [9.17, 15) is 13.2 Å². The van der Waals surface area contributed by atoms with Crippen LogP contribution in [0.3, 0.4) is 0 Å². The summed E-state index contributed by atoms with van der Waals surface area (Å²) < 4.78 is 31.5. The van der Waals surface area contributed by atoms with Crippen LogP contribution in [0.1, 0.15) is 38.2 Å². The first-order valence-electron chi connectivity index (χ1n) is 8.87. The zero-order chi connectivity index (χ0) is 18.3. The summed E-state index contributed by atoms with van der Waals surface area (Å²) in [7, 11) is -3.17. The Balaban J connectivity index is 1.64. The fraction of sp³-hybridized carbons (Fsp3) is 0.611. The van der Waals surface area contributed by atoms with Crippen LogP contribution in [0.25, 0.3) is 0 Å². The van der Waals surface area contributed by atoms with Gasteiger partial charge in [-0.05, 0) is 45.2 Å². The molecular weight excluding hydrogens is 340 g/mol. The SMILES string of the molecule is CCS(=O)(=O)NC1CCN(C(=O)CCCOc2ccc(C)cc2)CC1. The van der Waals surface area contributed by atoms with Gasteiger partial charge < -0.3 is 9.64 Å². The van der Waals surface area contributed by atoms with E-state index in [2.05, 4.69) is 4.72 Å². The molecule has 0 spiro atoms. The summed E-state index contributed by atoms with van der Waals surface area (Å²) in [5.74, 6) is 1.03. The number of ether oxygens (including phenoxy) is 1. The molecule has 0 bridgehead atoms. The highest BCUT2D eigenvalue weighted by Crippen LogP contribution is 2.14. The number of nitrogens with zero attached hydrogens (tertiary/aromatic N) is 1. The van der Waals surface area contributed by atoms with Crippen molar-refractivity contribution in [3.63, 3.8) is 0 Å². The topological polar surface area (TPSA) is 75.7 Å². The lowest BCUT2D eigenvalue weighted by atomic mass is 10.1. The number of hydrogen-bond donors (Lipinski definition) is 1. The number of likely N-dealkylation sites (tertiary alicyclic amines) is 1. The predicted molar refractivity (Wildman–Crippen MR) is 98.1 cm³/mol. The minimum atomic E-state index is -3.17. The van der Waals surface area contributed by atoms with Gasteiger partial charge >= 0.3 is 0 Å². The number of aryl methyl sites for hydroxylation is 1. The number of amides is 1. The van der Waals surface area contributed by atoms with Gasteiger partial charge in [0.25, 0.3) is 0 Å². The maximum atomic E-state index is 12.2. The van der Waals surface area contributed by atoms with Gasteiger partial charge in [-0.2, -0.15) is 0 Å². The monoisotopic (exact) mass is 368 g/mol. The highest BCUT2D eigenvalue weighted by atomic mass is 32.2. The second-order valence-corrected chi connectivity index (χ2v) is 8.48. The fourth-order valence-electron chi connectivity index (χ4n) is 2.79. The van der Waals surface area contributed by atoms with E-state index in [0.29, 0.717) is 45.4 Å². The highest BCUT2D eigenvalue weighted by Gasteiger charge is 2.24. The molecule has 2 rings (SSSR count). The van der Waals surface area contributed by atoms with Crippen molar-refractivity contribution in [3.05, 3.63) is 29.8 Å². The number of carbonyl (C=O) groups excluding carboxylic acids is 1. The van der Waals surface area contributed by atoms with Crippen molar-refractivity contribution in [3.8, 4) is 5.75 Å². The molecule has 0 radical (unpaired) electrons. The van der Waals surface area contributed by atoms with E-state index in [0.717, 1.165) is 5.75 Å². The maximum absolute atomic E-state index is 12.2. The third kappa shape index (κ3) is 6.66. The van der Waals surface area contributed by atoms with E-state index < -0.39 is 10.0 Å². The van der Waals surface area contributed by atoms with E-state index >= 15 is 0 Å². The molecule has 0 aliphatic carbocycles. The molecule has 1 aliphatic rings. The third-order valence-corrected chi connectivity index (χ3v) is 5.85. The van der Waals surface area contributed by atoms with Gasteiger partial charge in [0.05, 0.1) is 12.4 Å². The van der Waals surface area contributed by atoms with Crippen LogP contribution in [0.4, 0.5) is 0 Å². The Hall–Kier alpha value is -1.60. The highest BCUT2D eigenvalue weighted by molar-refractivity contribution is 7.89. The first-order valence-corrected chi connectivity index (χ1v) is 10.5. The molecule has 1 fully saturated rings. The van der Waals surface area contributed by atoms with Gasteiger partial charge in [0.15, 0.2) is 0 Å². The van der Waals surface area contributed by atoms with Crippen molar-refractivity contribution in [2.75, 3.05) is 25.4 Å². The van der Waals surface area contributed by atoms with E-state index in [-0.39, 0.29) is 17.7 Å². The van der Waals surface area contributed by atoms with Gasteiger partial charge in [-0.15, -0.1) is 0 Å². The zero-order valence-electron chi connectivity index (χ0n) is 15.0. The van der Waals surface area contributed by atoms with E-state index in [1.54, 1.807) is 6.92 Å². The minimum absolute atomic E-state index is 0.0566. The Labute approximate surface area is 150 Å². The minimum Gasteiger partial charge on any atom is -0.494 e. The van der Waals surface area contributed by atoms with Crippen molar-refractivity contribution in [1.82, 2.24) is 9.62 Å². The summed E-state index contributed by atoms with van der Waals surface area (Å²) in [4.78, 5) is 14.1. The molecule has 0 aromatic heterocycles. The zero-order valence-corrected chi connectivity index (χ0v) is 15.8. The van der Waals surface area contributed by atoms with Crippen molar-refractivity contribution >= 4 is 15.9 Å². The lowest BCUT2D eigenvalue weighted by Crippen LogP contribution is -2.46. The molecular formula is C18H28N2O4S. The second kappa shape index (κ2) is 9.20. The smallest absolute Gasteiger partial charge is 0.222 e. The summed E-state index contributed by atoms with van der Waals surface area (Å²) in [6, 6.07) is 7.80. The largest absolute Gasteiger partial charge is 0.494 e. The van der Waals surface area contributed by atoms with Gasteiger partial charge in [0.1, 0.15) is 5.75 Å². The number of sulfonamides is 1. The van der Waals surface area contributed by atoms with Crippen molar-refractivity contribution in [2.24, 2.45) is 0 Å². The van der Waals surface area contributed by atoms with Gasteiger partial charge in [0.2, 0.25) is 15.9 Å². The van der Waals surface area contributed by atoms with Crippen LogP contribution in [0, 0.1) is 6.92 Å². The van der Waals surface area contributed by atoms with Gasteiger partial charge in [-0.3, -0.25) is 4.79 Å². The molecule has 0 saturated carbocycles. The number of carbonyl (C=O) groups is 1. The average Bonchev–Trinajstić information content (AvgIpc) is 2.60. The van der Waals surface area contributed by atoms with Gasteiger partial charge in [0, 0.05) is 25.6 Å². The molecule has 1 saturated heterocycles. The summed E-state index contributed by atoms with van der Waals surface area (Å²) in [5, 5.41) is 0. The van der Waals surface area contributed by atoms with Crippen molar-refractivity contribution < 1.29 is 17.9 Å². The molecule has 140 valence electrons.